The Morgan fingerprint density at radius 3 is 2.81 bits per heavy atom. The molecule has 8 heteroatoms. The number of aromatic nitrogens is 3. The van der Waals surface area contributed by atoms with Crippen LogP contribution in [0.25, 0.3) is 11.3 Å². The summed E-state index contributed by atoms with van der Waals surface area (Å²) in [6.07, 6.45) is 1.33. The van der Waals surface area contributed by atoms with Crippen molar-refractivity contribution in [1.29, 1.82) is 0 Å². The van der Waals surface area contributed by atoms with Gasteiger partial charge in [-0.1, -0.05) is 30.0 Å². The van der Waals surface area contributed by atoms with E-state index in [1.165, 1.54) is 18.9 Å². The van der Waals surface area contributed by atoms with E-state index < -0.39 is 6.23 Å². The van der Waals surface area contributed by atoms with E-state index in [0.29, 0.717) is 22.5 Å². The fraction of sp³-hybridized carbons (Fsp3) is 0.167. The maximum Gasteiger partial charge on any atom is 0.247 e. The number of rotatable bonds is 3. The summed E-state index contributed by atoms with van der Waals surface area (Å²) in [6, 6.07) is 12.9. The zero-order valence-electron chi connectivity index (χ0n) is 14.1. The highest BCUT2D eigenvalue weighted by Gasteiger charge is 2.26. The van der Waals surface area contributed by atoms with Gasteiger partial charge in [-0.05, 0) is 30.5 Å². The number of thioether (sulfide) groups is 1. The highest BCUT2D eigenvalue weighted by molar-refractivity contribution is 7.98. The third-order valence-electron chi connectivity index (χ3n) is 4.02. The predicted molar refractivity (Wildman–Crippen MR) is 98.7 cm³/mol. The lowest BCUT2D eigenvalue weighted by Gasteiger charge is -2.20. The minimum absolute atomic E-state index is 0.0405. The average molecular weight is 368 g/mol. The lowest BCUT2D eigenvalue weighted by molar-refractivity contribution is 0.224. The van der Waals surface area contributed by atoms with Crippen molar-refractivity contribution in [2.45, 2.75) is 11.4 Å². The first-order chi connectivity index (χ1) is 12.7. The maximum atomic E-state index is 10.1. The van der Waals surface area contributed by atoms with Crippen LogP contribution in [-0.4, -0.2) is 33.7 Å². The number of hydrogen-bond donors (Lipinski definition) is 2. The van der Waals surface area contributed by atoms with Crippen molar-refractivity contribution in [2.24, 2.45) is 0 Å². The van der Waals surface area contributed by atoms with Gasteiger partial charge in [0, 0.05) is 16.8 Å². The van der Waals surface area contributed by atoms with E-state index in [2.05, 4.69) is 20.5 Å². The molecule has 1 aliphatic heterocycles. The van der Waals surface area contributed by atoms with Gasteiger partial charge in [-0.25, -0.2) is 0 Å². The summed E-state index contributed by atoms with van der Waals surface area (Å²) in [7, 11) is 1.51. The molecule has 0 radical (unpaired) electrons. The molecule has 132 valence electrons. The van der Waals surface area contributed by atoms with Crippen LogP contribution in [0.4, 0.5) is 5.69 Å². The van der Waals surface area contributed by atoms with Crippen LogP contribution >= 0.6 is 11.8 Å². The van der Waals surface area contributed by atoms with Crippen molar-refractivity contribution in [2.75, 3.05) is 18.7 Å². The Morgan fingerprint density at radius 2 is 2.04 bits per heavy atom. The second-order valence-electron chi connectivity index (χ2n) is 5.57. The fourth-order valence-corrected chi connectivity index (χ4v) is 3.05. The normalized spacial score (nSPS) is 15.1. The van der Waals surface area contributed by atoms with Crippen molar-refractivity contribution < 1.29 is 14.6 Å². The molecule has 2 heterocycles. The van der Waals surface area contributed by atoms with Crippen LogP contribution in [0.5, 0.6) is 17.4 Å². The average Bonchev–Trinajstić information content (AvgIpc) is 2.84. The molecule has 0 saturated heterocycles. The van der Waals surface area contributed by atoms with Crippen LogP contribution in [0.2, 0.25) is 0 Å². The number of para-hydroxylation sites is 1. The lowest BCUT2D eigenvalue weighted by Crippen LogP contribution is -2.17. The van der Waals surface area contributed by atoms with Crippen LogP contribution in [0.3, 0.4) is 0 Å². The van der Waals surface area contributed by atoms with Crippen molar-refractivity contribution >= 4 is 17.4 Å². The molecule has 0 spiro atoms. The molecule has 1 unspecified atom stereocenters. The Labute approximate surface area is 154 Å². The third kappa shape index (κ3) is 2.88. The number of aromatic hydroxyl groups is 1. The van der Waals surface area contributed by atoms with Crippen molar-refractivity contribution in [3.8, 4) is 28.6 Å². The number of nitrogens with zero attached hydrogens (tertiary/aromatic N) is 3. The molecule has 0 fully saturated rings. The van der Waals surface area contributed by atoms with Crippen LogP contribution in [0.15, 0.2) is 47.6 Å². The van der Waals surface area contributed by atoms with Crippen molar-refractivity contribution in [3.05, 3.63) is 48.0 Å². The molecule has 0 aliphatic carbocycles. The molecular formula is C18H16N4O3S. The first-order valence-electron chi connectivity index (χ1n) is 7.88. The van der Waals surface area contributed by atoms with E-state index in [-0.39, 0.29) is 5.75 Å². The zero-order chi connectivity index (χ0) is 18.1. The van der Waals surface area contributed by atoms with Gasteiger partial charge in [0.05, 0.1) is 7.11 Å². The van der Waals surface area contributed by atoms with Gasteiger partial charge in [-0.3, -0.25) is 0 Å². The van der Waals surface area contributed by atoms with E-state index in [1.54, 1.807) is 12.1 Å². The third-order valence-corrected chi connectivity index (χ3v) is 4.56. The zero-order valence-corrected chi connectivity index (χ0v) is 14.9. The topological polar surface area (TPSA) is 89.4 Å². The number of methoxy groups -OCH3 is 1. The number of anilines is 1. The van der Waals surface area contributed by atoms with Crippen molar-refractivity contribution in [3.63, 3.8) is 0 Å². The minimum atomic E-state index is -0.555. The Hall–Kier alpha value is -3.00. The number of hydrogen-bond acceptors (Lipinski definition) is 8. The molecule has 26 heavy (non-hydrogen) atoms. The number of phenols is 1. The molecule has 2 aromatic carbocycles. The van der Waals surface area contributed by atoms with Gasteiger partial charge in [0.2, 0.25) is 11.0 Å². The summed E-state index contributed by atoms with van der Waals surface area (Å²) in [5, 5.41) is 22.4. The molecule has 0 saturated carbocycles. The monoisotopic (exact) mass is 368 g/mol. The lowest BCUT2D eigenvalue weighted by atomic mass is 10.1. The minimum Gasteiger partial charge on any atom is -0.504 e. The number of nitrogens with one attached hydrogen (secondary N) is 1. The number of ether oxygens (including phenoxy) is 2. The van der Waals surface area contributed by atoms with E-state index in [0.717, 1.165) is 16.8 Å². The Bertz CT molecular complexity index is 967. The largest absolute Gasteiger partial charge is 0.504 e. The molecule has 2 N–H and O–H groups in total. The summed E-state index contributed by atoms with van der Waals surface area (Å²) in [6.45, 7) is 0. The highest BCUT2D eigenvalue weighted by Crippen LogP contribution is 2.40. The van der Waals surface area contributed by atoms with E-state index in [9.17, 15) is 5.11 Å². The summed E-state index contributed by atoms with van der Waals surface area (Å²) in [5.41, 5.74) is 3.01. The van der Waals surface area contributed by atoms with E-state index >= 15 is 0 Å². The molecule has 0 bridgehead atoms. The first-order valence-corrected chi connectivity index (χ1v) is 9.10. The quantitative estimate of drug-likeness (QED) is 0.679. The molecule has 1 aromatic heterocycles. The Balaban J connectivity index is 1.83. The summed E-state index contributed by atoms with van der Waals surface area (Å²) < 4.78 is 11.2. The number of fused-ring (bicyclic) bond motifs is 3. The molecular weight excluding hydrogens is 352 g/mol. The smallest absolute Gasteiger partial charge is 0.247 e. The number of benzene rings is 2. The fourth-order valence-electron chi connectivity index (χ4n) is 2.75. The number of phenolic OH excluding ortho intramolecular Hbond substituents is 1. The van der Waals surface area contributed by atoms with Gasteiger partial charge in [-0.2, -0.15) is 4.98 Å². The SMILES string of the molecule is COc1ccc(C2Nc3ccccc3-c3nnc(SC)nc3O2)cc1O. The summed E-state index contributed by atoms with van der Waals surface area (Å²) in [5.74, 6) is 0.831. The van der Waals surface area contributed by atoms with Gasteiger partial charge in [0.15, 0.2) is 23.4 Å². The second-order valence-corrected chi connectivity index (χ2v) is 6.34. The van der Waals surface area contributed by atoms with Gasteiger partial charge in [-0.15, -0.1) is 10.2 Å². The molecule has 0 amide bonds. The molecule has 1 aliphatic rings. The van der Waals surface area contributed by atoms with Crippen LogP contribution < -0.4 is 14.8 Å². The highest BCUT2D eigenvalue weighted by atomic mass is 32.2. The van der Waals surface area contributed by atoms with Gasteiger partial charge < -0.3 is 19.9 Å². The molecule has 4 rings (SSSR count). The van der Waals surface area contributed by atoms with Crippen molar-refractivity contribution in [1.82, 2.24) is 15.2 Å². The molecule has 1 atom stereocenters. The maximum absolute atomic E-state index is 10.1. The molecule has 7 nitrogen and oxygen atoms in total. The Morgan fingerprint density at radius 1 is 1.19 bits per heavy atom. The van der Waals surface area contributed by atoms with Crippen LogP contribution in [0, 0.1) is 0 Å². The summed E-state index contributed by atoms with van der Waals surface area (Å²) in [4.78, 5) is 4.46. The van der Waals surface area contributed by atoms with Gasteiger partial charge in [0.1, 0.15) is 0 Å². The van der Waals surface area contributed by atoms with Crippen LogP contribution in [-0.2, 0) is 0 Å². The van der Waals surface area contributed by atoms with E-state index in [1.807, 2.05) is 36.6 Å². The van der Waals surface area contributed by atoms with Gasteiger partial charge >= 0.3 is 0 Å². The van der Waals surface area contributed by atoms with Crippen LogP contribution in [0.1, 0.15) is 11.8 Å². The Kier molecular flexibility index (Phi) is 4.26. The summed E-state index contributed by atoms with van der Waals surface area (Å²) >= 11 is 1.39. The predicted octanol–water partition coefficient (Wildman–Crippen LogP) is 3.48. The van der Waals surface area contributed by atoms with E-state index in [4.69, 9.17) is 9.47 Å². The molecule has 3 aromatic rings. The van der Waals surface area contributed by atoms with Gasteiger partial charge in [0.25, 0.3) is 0 Å². The second kappa shape index (κ2) is 6.72. The first kappa shape index (κ1) is 16.5. The standard InChI is InChI=1S/C18H16N4O3S/c1-24-14-8-7-10(9-13(14)23)16-19-12-6-4-3-5-11(12)15-17(25-16)20-18(26-2)22-21-15/h3-9,16,19,23H,1-2H3.